The van der Waals surface area contributed by atoms with Crippen LogP contribution in [0.5, 0.6) is 0 Å². The lowest BCUT2D eigenvalue weighted by Crippen LogP contribution is -2.55. The van der Waals surface area contributed by atoms with Crippen LogP contribution in [0.1, 0.15) is 6.42 Å². The van der Waals surface area contributed by atoms with Gasteiger partial charge in [-0.2, -0.15) is 11.8 Å². The predicted octanol–water partition coefficient (Wildman–Crippen LogP) is 0.249. The number of carboxylic acid groups (broad SMARTS) is 1. The molecule has 3 rings (SSSR count). The first kappa shape index (κ1) is 20.9. The van der Waals surface area contributed by atoms with E-state index in [9.17, 15) is 14.4 Å². The van der Waals surface area contributed by atoms with Gasteiger partial charge in [-0.3, -0.25) is 9.69 Å². The zero-order chi connectivity index (χ0) is 21.0. The molecule has 0 fully saturated rings. The zero-order valence-electron chi connectivity index (χ0n) is 15.9. The number of aliphatic carboxylic acids is 1. The van der Waals surface area contributed by atoms with Crippen molar-refractivity contribution in [2.45, 2.75) is 25.0 Å². The standard InChI is InChI=1S/C18H23N5O5S/c1-29-9-6-12(15(25)19-13(10-24)16(26)27)21-18(28)23-8-7-22-14-5-3-2-4-11(14)20-17(22)23/h2-5,12-13,24H,6-10H2,1H3,(H,19,25)(H,21,28)(H,26,27). The molecule has 2 atom stereocenters. The Kier molecular flexibility index (Phi) is 6.60. The van der Waals surface area contributed by atoms with Crippen LogP contribution in [0.3, 0.4) is 0 Å². The molecule has 0 radical (unpaired) electrons. The molecule has 1 aromatic heterocycles. The highest BCUT2D eigenvalue weighted by Gasteiger charge is 2.32. The number of thioether (sulfide) groups is 1. The summed E-state index contributed by atoms with van der Waals surface area (Å²) in [6.07, 6.45) is 2.19. The predicted molar refractivity (Wildman–Crippen MR) is 109 cm³/mol. The number of nitrogens with one attached hydrogen (secondary N) is 2. The lowest BCUT2D eigenvalue weighted by atomic mass is 10.2. The van der Waals surface area contributed by atoms with Crippen LogP contribution in [-0.2, 0) is 16.1 Å². The van der Waals surface area contributed by atoms with E-state index in [-0.39, 0.29) is 0 Å². The number of fused-ring (bicyclic) bond motifs is 3. The lowest BCUT2D eigenvalue weighted by Gasteiger charge is -2.23. The number of nitrogens with zero attached hydrogens (tertiary/aromatic N) is 3. The third kappa shape index (κ3) is 4.46. The second kappa shape index (κ2) is 9.14. The number of carboxylic acids is 1. The van der Waals surface area contributed by atoms with Crippen molar-refractivity contribution in [3.8, 4) is 0 Å². The van der Waals surface area contributed by atoms with Crippen molar-refractivity contribution in [2.24, 2.45) is 0 Å². The molecule has 0 bridgehead atoms. The summed E-state index contributed by atoms with van der Waals surface area (Å²) in [7, 11) is 0. The van der Waals surface area contributed by atoms with E-state index in [1.54, 1.807) is 0 Å². The molecule has 0 saturated carbocycles. The minimum atomic E-state index is -1.42. The number of hydrogen-bond acceptors (Lipinski definition) is 6. The average Bonchev–Trinajstić information content (AvgIpc) is 3.27. The molecule has 11 heteroatoms. The van der Waals surface area contributed by atoms with E-state index in [2.05, 4.69) is 15.6 Å². The topological polar surface area (TPSA) is 137 Å². The van der Waals surface area contributed by atoms with E-state index in [1.165, 1.54) is 16.7 Å². The molecule has 1 aromatic carbocycles. The molecule has 3 amide bonds. The third-order valence-corrected chi connectivity index (χ3v) is 5.33. The van der Waals surface area contributed by atoms with Gasteiger partial charge >= 0.3 is 12.0 Å². The molecule has 0 aliphatic carbocycles. The van der Waals surface area contributed by atoms with E-state index in [1.807, 2.05) is 35.1 Å². The maximum absolute atomic E-state index is 12.9. The molecule has 2 heterocycles. The molecule has 0 saturated heterocycles. The summed E-state index contributed by atoms with van der Waals surface area (Å²) >= 11 is 1.50. The fourth-order valence-corrected chi connectivity index (χ4v) is 3.64. The van der Waals surface area contributed by atoms with Crippen LogP contribution in [0.2, 0.25) is 0 Å². The fraction of sp³-hybridized carbons (Fsp3) is 0.444. The number of rotatable bonds is 8. The first-order chi connectivity index (χ1) is 14.0. The summed E-state index contributed by atoms with van der Waals surface area (Å²) in [4.78, 5) is 42.4. The number of carbonyl (C=O) groups excluding carboxylic acids is 2. The van der Waals surface area contributed by atoms with Crippen molar-refractivity contribution < 1.29 is 24.6 Å². The molecule has 4 N–H and O–H groups in total. The maximum atomic E-state index is 12.9. The highest BCUT2D eigenvalue weighted by molar-refractivity contribution is 7.98. The molecule has 2 aromatic rings. The van der Waals surface area contributed by atoms with Gasteiger partial charge in [0.2, 0.25) is 11.9 Å². The molecule has 29 heavy (non-hydrogen) atoms. The number of para-hydroxylation sites is 2. The van der Waals surface area contributed by atoms with E-state index in [0.717, 1.165) is 11.0 Å². The SMILES string of the molecule is CSCCC(NC(=O)N1CCn2c1nc1ccccc12)C(=O)NC(CO)C(=O)O. The van der Waals surface area contributed by atoms with Gasteiger partial charge in [-0.05, 0) is 30.6 Å². The van der Waals surface area contributed by atoms with Crippen LogP contribution in [0.25, 0.3) is 11.0 Å². The quantitative estimate of drug-likeness (QED) is 0.479. The number of anilines is 1. The summed E-state index contributed by atoms with van der Waals surface area (Å²) in [5.74, 6) is -0.898. The first-order valence-electron chi connectivity index (χ1n) is 9.12. The van der Waals surface area contributed by atoms with Crippen LogP contribution in [0.4, 0.5) is 10.7 Å². The van der Waals surface area contributed by atoms with Gasteiger partial charge in [-0.1, -0.05) is 12.1 Å². The molecule has 1 aliphatic rings. The van der Waals surface area contributed by atoms with Gasteiger partial charge in [-0.15, -0.1) is 0 Å². The molecule has 0 spiro atoms. The molecular formula is C18H23N5O5S. The monoisotopic (exact) mass is 421 g/mol. The van der Waals surface area contributed by atoms with Gasteiger partial charge in [0, 0.05) is 13.1 Å². The molecule has 156 valence electrons. The van der Waals surface area contributed by atoms with Gasteiger partial charge < -0.3 is 25.4 Å². The van der Waals surface area contributed by atoms with Crippen LogP contribution in [0, 0.1) is 0 Å². The van der Waals surface area contributed by atoms with Crippen LogP contribution in [0.15, 0.2) is 24.3 Å². The van der Waals surface area contributed by atoms with Crippen molar-refractivity contribution in [3.05, 3.63) is 24.3 Å². The Hall–Kier alpha value is -2.79. The van der Waals surface area contributed by atoms with Crippen molar-refractivity contribution in [1.82, 2.24) is 20.2 Å². The third-order valence-electron chi connectivity index (χ3n) is 4.69. The Morgan fingerprint density at radius 2 is 1.97 bits per heavy atom. The van der Waals surface area contributed by atoms with E-state index in [4.69, 9.17) is 10.2 Å². The number of aliphatic hydroxyl groups is 1. The first-order valence-corrected chi connectivity index (χ1v) is 10.5. The van der Waals surface area contributed by atoms with Crippen molar-refractivity contribution >= 4 is 46.7 Å². The largest absolute Gasteiger partial charge is 0.480 e. The van der Waals surface area contributed by atoms with Crippen LogP contribution < -0.4 is 15.5 Å². The van der Waals surface area contributed by atoms with Crippen molar-refractivity contribution in [1.29, 1.82) is 0 Å². The van der Waals surface area contributed by atoms with Gasteiger partial charge in [0.1, 0.15) is 12.1 Å². The lowest BCUT2D eigenvalue weighted by molar-refractivity contribution is -0.143. The second-order valence-electron chi connectivity index (χ2n) is 6.57. The minimum Gasteiger partial charge on any atom is -0.480 e. The van der Waals surface area contributed by atoms with E-state index < -0.39 is 36.6 Å². The normalized spacial score (nSPS) is 15.0. The maximum Gasteiger partial charge on any atom is 0.328 e. The fourth-order valence-electron chi connectivity index (χ4n) is 3.17. The number of aliphatic hydroxyl groups excluding tert-OH is 1. The summed E-state index contributed by atoms with van der Waals surface area (Å²) in [5, 5.41) is 23.1. The number of benzene rings is 1. The van der Waals surface area contributed by atoms with E-state index >= 15 is 0 Å². The van der Waals surface area contributed by atoms with Crippen molar-refractivity contribution in [2.75, 3.05) is 30.1 Å². The molecule has 1 aliphatic heterocycles. The summed E-state index contributed by atoms with van der Waals surface area (Å²) in [6, 6.07) is 4.75. The number of carbonyl (C=O) groups is 3. The smallest absolute Gasteiger partial charge is 0.328 e. The highest BCUT2D eigenvalue weighted by Crippen LogP contribution is 2.27. The molecule has 10 nitrogen and oxygen atoms in total. The Morgan fingerprint density at radius 1 is 1.21 bits per heavy atom. The van der Waals surface area contributed by atoms with Crippen molar-refractivity contribution in [3.63, 3.8) is 0 Å². The van der Waals surface area contributed by atoms with Gasteiger partial charge in [-0.25, -0.2) is 14.6 Å². The Labute approximate surface area is 171 Å². The Balaban J connectivity index is 1.74. The number of urea groups is 1. The number of imidazole rings is 1. The minimum absolute atomic E-state index is 0.320. The van der Waals surface area contributed by atoms with Gasteiger partial charge in [0.15, 0.2) is 0 Å². The van der Waals surface area contributed by atoms with Gasteiger partial charge in [0.05, 0.1) is 17.6 Å². The van der Waals surface area contributed by atoms with Gasteiger partial charge in [0.25, 0.3) is 0 Å². The average molecular weight is 421 g/mol. The number of hydrogen-bond donors (Lipinski definition) is 4. The van der Waals surface area contributed by atoms with E-state index in [0.29, 0.717) is 31.2 Å². The molecule has 2 unspecified atom stereocenters. The summed E-state index contributed by atoms with van der Waals surface area (Å²) in [5.41, 5.74) is 1.71. The summed E-state index contributed by atoms with van der Waals surface area (Å²) < 4.78 is 1.94. The number of aromatic nitrogens is 2. The van der Waals surface area contributed by atoms with Crippen LogP contribution >= 0.6 is 11.8 Å². The Morgan fingerprint density at radius 3 is 2.66 bits per heavy atom. The second-order valence-corrected chi connectivity index (χ2v) is 7.55. The molecular weight excluding hydrogens is 398 g/mol. The van der Waals surface area contributed by atoms with Crippen LogP contribution in [-0.4, -0.2) is 74.9 Å². The Bertz CT molecular complexity index is 917. The number of amides is 3. The summed E-state index contributed by atoms with van der Waals surface area (Å²) in [6.45, 7) is 0.279. The highest BCUT2D eigenvalue weighted by atomic mass is 32.2. The zero-order valence-corrected chi connectivity index (χ0v) is 16.7.